The van der Waals surface area contributed by atoms with Crippen molar-refractivity contribution in [3.8, 4) is 0 Å². The molecule has 166 valence electrons. The minimum absolute atomic E-state index is 0.0917. The molecule has 2 bridgehead atoms. The predicted octanol–water partition coefficient (Wildman–Crippen LogP) is 4.64. The van der Waals surface area contributed by atoms with Crippen molar-refractivity contribution >= 4 is 11.9 Å². The summed E-state index contributed by atoms with van der Waals surface area (Å²) in [5, 5.41) is 22.6. The van der Waals surface area contributed by atoms with Crippen LogP contribution in [0.3, 0.4) is 0 Å². The average molecular weight is 417 g/mol. The van der Waals surface area contributed by atoms with Gasteiger partial charge in [0.05, 0.1) is 11.0 Å². The average Bonchev–Trinajstić information content (AvgIpc) is 2.92. The maximum atomic E-state index is 12.7. The van der Waals surface area contributed by atoms with Crippen molar-refractivity contribution in [1.82, 2.24) is 0 Å². The molecule has 1 spiro atoms. The van der Waals surface area contributed by atoms with Crippen LogP contribution >= 0.6 is 0 Å². The summed E-state index contributed by atoms with van der Waals surface area (Å²) in [4.78, 5) is 25.0. The fourth-order valence-corrected chi connectivity index (χ4v) is 8.02. The lowest BCUT2D eigenvalue weighted by atomic mass is 9.38. The number of hydrogen-bond donors (Lipinski definition) is 2. The molecular weight excluding hydrogens is 380 g/mol. The van der Waals surface area contributed by atoms with E-state index in [0.29, 0.717) is 24.8 Å². The van der Waals surface area contributed by atoms with Gasteiger partial charge in [0, 0.05) is 16.4 Å². The zero-order valence-corrected chi connectivity index (χ0v) is 18.8. The van der Waals surface area contributed by atoms with E-state index >= 15 is 0 Å². The Morgan fingerprint density at radius 2 is 1.87 bits per heavy atom. The van der Waals surface area contributed by atoms with E-state index in [2.05, 4.69) is 13.5 Å². The Morgan fingerprint density at radius 1 is 1.17 bits per heavy atom. The number of aliphatic carboxylic acids is 1. The molecule has 4 aliphatic carbocycles. The minimum Gasteiger partial charge on any atom is -0.481 e. The van der Waals surface area contributed by atoms with Crippen molar-refractivity contribution in [3.05, 3.63) is 23.8 Å². The molecule has 4 aliphatic rings. The Hall–Kier alpha value is -1.62. The van der Waals surface area contributed by atoms with Gasteiger partial charge in [-0.05, 0) is 83.1 Å². The molecule has 0 aliphatic heterocycles. The highest BCUT2D eigenvalue weighted by molar-refractivity contribution is 5.88. The van der Waals surface area contributed by atoms with Crippen LogP contribution in [0.4, 0.5) is 0 Å². The molecule has 7 unspecified atom stereocenters. The predicted molar refractivity (Wildman–Crippen MR) is 114 cm³/mol. The highest BCUT2D eigenvalue weighted by Gasteiger charge is 2.75. The number of carboxylic acids is 1. The zero-order chi connectivity index (χ0) is 22.1. The zero-order valence-electron chi connectivity index (χ0n) is 18.8. The quantitative estimate of drug-likeness (QED) is 0.398. The lowest BCUT2D eigenvalue weighted by Crippen LogP contribution is -2.71. The maximum Gasteiger partial charge on any atom is 0.333 e. The number of fused-ring (bicyclic) bond motifs is 3. The monoisotopic (exact) mass is 416 g/mol. The number of rotatable bonds is 3. The molecule has 30 heavy (non-hydrogen) atoms. The third-order valence-electron chi connectivity index (χ3n) is 9.87. The van der Waals surface area contributed by atoms with Crippen molar-refractivity contribution in [1.29, 1.82) is 0 Å². The second-order valence-corrected chi connectivity index (χ2v) is 10.9. The normalized spacial score (nSPS) is 48.0. The fourth-order valence-electron chi connectivity index (χ4n) is 8.02. The van der Waals surface area contributed by atoms with Crippen LogP contribution in [-0.4, -0.2) is 33.9 Å². The topological polar surface area (TPSA) is 83.8 Å². The van der Waals surface area contributed by atoms with Gasteiger partial charge in [-0.2, -0.15) is 0 Å². The van der Waals surface area contributed by atoms with Crippen LogP contribution in [0.5, 0.6) is 0 Å². The molecule has 5 heteroatoms. The van der Waals surface area contributed by atoms with Crippen molar-refractivity contribution in [2.75, 3.05) is 0 Å². The molecule has 0 heterocycles. The highest BCUT2D eigenvalue weighted by atomic mass is 16.5. The number of hydrogen-bond acceptors (Lipinski definition) is 4. The lowest BCUT2D eigenvalue weighted by molar-refractivity contribution is -0.278. The van der Waals surface area contributed by atoms with Gasteiger partial charge in [-0.15, -0.1) is 0 Å². The number of carboxylic acid groups (broad SMARTS) is 1. The summed E-state index contributed by atoms with van der Waals surface area (Å²) < 4.78 is 6.06. The Bertz CT molecular complexity index is 829. The van der Waals surface area contributed by atoms with Gasteiger partial charge in [0.2, 0.25) is 0 Å². The molecule has 2 N–H and O–H groups in total. The standard InChI is InChI=1S/C25H36O5/c1-6-15(2)20(26)30-19-16(3)17-8-13-25(29)23(5)11-7-10-22(4,21(27)28)18(23)9-12-24(19,25)14-17/h6,17-19,29H,3,7-14H2,1-2,4-5H3,(H,27,28). The third kappa shape index (κ3) is 2.44. The third-order valence-corrected chi connectivity index (χ3v) is 9.87. The second-order valence-electron chi connectivity index (χ2n) is 10.9. The van der Waals surface area contributed by atoms with E-state index in [1.54, 1.807) is 13.0 Å². The Kier molecular flexibility index (Phi) is 4.82. The van der Waals surface area contributed by atoms with Crippen molar-refractivity contribution < 1.29 is 24.5 Å². The maximum absolute atomic E-state index is 12.7. The van der Waals surface area contributed by atoms with Gasteiger partial charge in [-0.3, -0.25) is 4.79 Å². The molecule has 4 saturated carbocycles. The second kappa shape index (κ2) is 6.69. The van der Waals surface area contributed by atoms with Gasteiger partial charge >= 0.3 is 11.9 Å². The van der Waals surface area contributed by atoms with Crippen molar-refractivity contribution in [2.45, 2.75) is 90.8 Å². The smallest absolute Gasteiger partial charge is 0.333 e. The molecule has 0 radical (unpaired) electrons. The summed E-state index contributed by atoms with van der Waals surface area (Å²) in [5.74, 6) is -0.942. The summed E-state index contributed by atoms with van der Waals surface area (Å²) in [6, 6.07) is 0. The van der Waals surface area contributed by atoms with Crippen LogP contribution in [0.2, 0.25) is 0 Å². The number of allylic oxidation sites excluding steroid dienone is 1. The first-order valence-corrected chi connectivity index (χ1v) is 11.5. The molecule has 5 nitrogen and oxygen atoms in total. The fraction of sp³-hybridized carbons (Fsp3) is 0.760. The first-order valence-electron chi connectivity index (χ1n) is 11.5. The summed E-state index contributed by atoms with van der Waals surface area (Å²) in [6.07, 6.45) is 7.12. The molecule has 7 atom stereocenters. The molecule has 0 amide bonds. The number of carbonyl (C=O) groups is 2. The largest absolute Gasteiger partial charge is 0.481 e. The van der Waals surface area contributed by atoms with E-state index in [-0.39, 0.29) is 17.8 Å². The molecular formula is C25H36O5. The van der Waals surface area contributed by atoms with E-state index in [1.165, 1.54) is 0 Å². The van der Waals surface area contributed by atoms with Gasteiger partial charge in [0.15, 0.2) is 0 Å². The Morgan fingerprint density at radius 3 is 2.50 bits per heavy atom. The SMILES string of the molecule is C=C1C2CCC3(O)C4(C)CCCC(C)(C(=O)O)C4CCC3(C2)C1OC(=O)C(C)=CC. The first-order chi connectivity index (χ1) is 14.0. The van der Waals surface area contributed by atoms with Crippen molar-refractivity contribution in [2.24, 2.45) is 28.1 Å². The van der Waals surface area contributed by atoms with E-state index < -0.39 is 33.9 Å². The van der Waals surface area contributed by atoms with Crippen LogP contribution in [0.25, 0.3) is 0 Å². The van der Waals surface area contributed by atoms with E-state index in [4.69, 9.17) is 4.74 Å². The van der Waals surface area contributed by atoms with E-state index in [9.17, 15) is 19.8 Å². The number of aliphatic hydroxyl groups is 1. The van der Waals surface area contributed by atoms with Crippen LogP contribution in [0.15, 0.2) is 23.8 Å². The number of esters is 1. The number of ether oxygens (including phenoxy) is 1. The van der Waals surface area contributed by atoms with E-state index in [1.807, 2.05) is 13.8 Å². The molecule has 0 aromatic heterocycles. The Labute approximate surface area is 179 Å². The highest BCUT2D eigenvalue weighted by Crippen LogP contribution is 2.74. The molecule has 0 aromatic rings. The first kappa shape index (κ1) is 21.6. The van der Waals surface area contributed by atoms with Gasteiger partial charge in [0.25, 0.3) is 0 Å². The molecule has 0 saturated heterocycles. The Balaban J connectivity index is 1.80. The van der Waals surface area contributed by atoms with Crippen LogP contribution in [0, 0.1) is 28.1 Å². The van der Waals surface area contributed by atoms with Gasteiger partial charge in [-0.1, -0.05) is 26.0 Å². The van der Waals surface area contributed by atoms with Crippen LogP contribution in [-0.2, 0) is 14.3 Å². The minimum atomic E-state index is -1.06. The van der Waals surface area contributed by atoms with Gasteiger partial charge in [0.1, 0.15) is 6.10 Å². The van der Waals surface area contributed by atoms with Gasteiger partial charge < -0.3 is 14.9 Å². The summed E-state index contributed by atoms with van der Waals surface area (Å²) in [6.45, 7) is 11.8. The number of carbonyl (C=O) groups excluding carboxylic acids is 1. The van der Waals surface area contributed by atoms with Crippen LogP contribution in [0.1, 0.15) is 79.1 Å². The summed E-state index contributed by atoms with van der Waals surface area (Å²) in [5.41, 5.74) is -1.50. The summed E-state index contributed by atoms with van der Waals surface area (Å²) in [7, 11) is 0. The molecule has 4 fully saturated rings. The summed E-state index contributed by atoms with van der Waals surface area (Å²) >= 11 is 0. The molecule has 0 aromatic carbocycles. The molecule has 4 rings (SSSR count). The van der Waals surface area contributed by atoms with Crippen molar-refractivity contribution in [3.63, 3.8) is 0 Å². The van der Waals surface area contributed by atoms with E-state index in [0.717, 1.165) is 37.7 Å². The van der Waals surface area contributed by atoms with Crippen LogP contribution < -0.4 is 0 Å². The lowest BCUT2D eigenvalue weighted by Gasteiger charge is -2.68. The van der Waals surface area contributed by atoms with Gasteiger partial charge in [-0.25, -0.2) is 4.79 Å².